The molecule has 0 aliphatic heterocycles. The van der Waals surface area contributed by atoms with Gasteiger partial charge in [-0.1, -0.05) is 48.0 Å². The van der Waals surface area contributed by atoms with Crippen LogP contribution in [0.1, 0.15) is 5.56 Å². The highest BCUT2D eigenvalue weighted by atomic mass is 14.6. The molecule has 0 N–H and O–H groups in total. The van der Waals surface area contributed by atoms with E-state index in [1.165, 1.54) is 27.8 Å². The molecule has 19 heavy (non-hydrogen) atoms. The van der Waals surface area contributed by atoms with Crippen LogP contribution in [0, 0.1) is 6.92 Å². The molecule has 0 aliphatic rings. The number of rotatable bonds is 2. The summed E-state index contributed by atoms with van der Waals surface area (Å²) in [6.07, 6.45) is 3.66. The highest BCUT2D eigenvalue weighted by Gasteiger charge is 2.01. The Morgan fingerprint density at radius 3 is 1.89 bits per heavy atom. The van der Waals surface area contributed by atoms with Gasteiger partial charge < -0.3 is 0 Å². The van der Waals surface area contributed by atoms with Crippen LogP contribution in [0.4, 0.5) is 0 Å². The Hall–Kier alpha value is -2.41. The average molecular weight is 245 g/mol. The average Bonchev–Trinajstić information content (AvgIpc) is 2.48. The fraction of sp³-hybridized carbons (Fsp3) is 0.0556. The number of hydrogen-bond acceptors (Lipinski definition) is 1. The van der Waals surface area contributed by atoms with Gasteiger partial charge in [0.05, 0.1) is 0 Å². The first kappa shape index (κ1) is 11.7. The van der Waals surface area contributed by atoms with Gasteiger partial charge in [0.2, 0.25) is 0 Å². The molecule has 0 bridgehead atoms. The Kier molecular flexibility index (Phi) is 3.11. The zero-order valence-electron chi connectivity index (χ0n) is 10.9. The van der Waals surface area contributed by atoms with Crippen LogP contribution < -0.4 is 0 Å². The number of nitrogens with zero attached hydrogens (tertiary/aromatic N) is 1. The SMILES string of the molecule is Cc1cccc(-c2cccc(-c3ccncc3)c2)c1. The van der Waals surface area contributed by atoms with Crippen molar-refractivity contribution in [1.29, 1.82) is 0 Å². The van der Waals surface area contributed by atoms with Crippen molar-refractivity contribution >= 4 is 0 Å². The Balaban J connectivity index is 2.06. The predicted molar refractivity (Wildman–Crippen MR) is 79.8 cm³/mol. The van der Waals surface area contributed by atoms with Crippen LogP contribution in [0.5, 0.6) is 0 Å². The highest BCUT2D eigenvalue weighted by molar-refractivity contribution is 5.73. The largest absolute Gasteiger partial charge is 0.265 e. The molecule has 1 aromatic heterocycles. The number of pyridine rings is 1. The Morgan fingerprint density at radius 1 is 0.632 bits per heavy atom. The van der Waals surface area contributed by atoms with Crippen LogP contribution in [0.2, 0.25) is 0 Å². The standard InChI is InChI=1S/C18H15N/c1-14-4-2-5-16(12-14)18-7-3-6-17(13-18)15-8-10-19-11-9-15/h2-13H,1H3. The monoisotopic (exact) mass is 245 g/mol. The van der Waals surface area contributed by atoms with Crippen molar-refractivity contribution in [2.45, 2.75) is 6.92 Å². The minimum absolute atomic E-state index is 1.20. The summed E-state index contributed by atoms with van der Waals surface area (Å²) < 4.78 is 0. The predicted octanol–water partition coefficient (Wildman–Crippen LogP) is 4.72. The zero-order chi connectivity index (χ0) is 13.1. The van der Waals surface area contributed by atoms with Crippen LogP contribution in [-0.4, -0.2) is 4.98 Å². The van der Waals surface area contributed by atoms with Crippen molar-refractivity contribution in [3.8, 4) is 22.3 Å². The number of benzene rings is 2. The molecule has 0 aliphatic carbocycles. The molecule has 0 amide bonds. The topological polar surface area (TPSA) is 12.9 Å². The van der Waals surface area contributed by atoms with Crippen molar-refractivity contribution in [3.63, 3.8) is 0 Å². The van der Waals surface area contributed by atoms with Crippen LogP contribution in [-0.2, 0) is 0 Å². The summed E-state index contributed by atoms with van der Waals surface area (Å²) in [5.41, 5.74) is 6.21. The zero-order valence-corrected chi connectivity index (χ0v) is 10.9. The lowest BCUT2D eigenvalue weighted by Crippen LogP contribution is -1.82. The van der Waals surface area contributed by atoms with Crippen molar-refractivity contribution in [3.05, 3.63) is 78.6 Å². The van der Waals surface area contributed by atoms with E-state index in [0.717, 1.165) is 0 Å². The van der Waals surface area contributed by atoms with Crippen LogP contribution in [0.25, 0.3) is 22.3 Å². The maximum atomic E-state index is 4.06. The molecule has 2 aromatic carbocycles. The molecule has 1 heteroatoms. The number of aromatic nitrogens is 1. The van der Waals surface area contributed by atoms with E-state index in [4.69, 9.17) is 0 Å². The van der Waals surface area contributed by atoms with Gasteiger partial charge in [0.1, 0.15) is 0 Å². The Labute approximate surface area is 113 Å². The van der Waals surface area contributed by atoms with E-state index in [-0.39, 0.29) is 0 Å². The molecule has 0 spiro atoms. The molecule has 3 rings (SSSR count). The van der Waals surface area contributed by atoms with Gasteiger partial charge in [0.15, 0.2) is 0 Å². The summed E-state index contributed by atoms with van der Waals surface area (Å²) in [6.45, 7) is 2.12. The van der Waals surface area contributed by atoms with Gasteiger partial charge in [0, 0.05) is 12.4 Å². The van der Waals surface area contributed by atoms with Gasteiger partial charge in [-0.05, 0) is 47.4 Å². The minimum atomic E-state index is 1.20. The normalized spacial score (nSPS) is 10.4. The molecule has 3 aromatic rings. The first-order chi connectivity index (χ1) is 9.33. The fourth-order valence-electron chi connectivity index (χ4n) is 2.25. The van der Waals surface area contributed by atoms with Gasteiger partial charge in [-0.3, -0.25) is 4.98 Å². The molecule has 1 nitrogen and oxygen atoms in total. The minimum Gasteiger partial charge on any atom is -0.265 e. The third-order valence-electron chi connectivity index (χ3n) is 3.23. The van der Waals surface area contributed by atoms with E-state index >= 15 is 0 Å². The molecule has 0 fully saturated rings. The third kappa shape index (κ3) is 2.55. The lowest BCUT2D eigenvalue weighted by atomic mass is 9.99. The molecule has 0 saturated heterocycles. The van der Waals surface area contributed by atoms with E-state index in [1.54, 1.807) is 0 Å². The van der Waals surface area contributed by atoms with Gasteiger partial charge in [0.25, 0.3) is 0 Å². The quantitative estimate of drug-likeness (QED) is 0.636. The van der Waals surface area contributed by atoms with Crippen molar-refractivity contribution in [2.24, 2.45) is 0 Å². The number of aryl methyl sites for hydroxylation is 1. The van der Waals surface area contributed by atoms with Crippen LogP contribution >= 0.6 is 0 Å². The summed E-state index contributed by atoms with van der Waals surface area (Å²) in [7, 11) is 0. The summed E-state index contributed by atoms with van der Waals surface area (Å²) in [4.78, 5) is 4.06. The molecular weight excluding hydrogens is 230 g/mol. The summed E-state index contributed by atoms with van der Waals surface area (Å²) in [6, 6.07) is 21.3. The first-order valence-corrected chi connectivity index (χ1v) is 6.40. The van der Waals surface area contributed by atoms with Gasteiger partial charge in [-0.2, -0.15) is 0 Å². The van der Waals surface area contributed by atoms with Crippen molar-refractivity contribution in [2.75, 3.05) is 0 Å². The molecule has 0 unspecified atom stereocenters. The fourth-order valence-corrected chi connectivity index (χ4v) is 2.25. The summed E-state index contributed by atoms with van der Waals surface area (Å²) >= 11 is 0. The molecule has 92 valence electrons. The van der Waals surface area contributed by atoms with Crippen LogP contribution in [0.15, 0.2) is 73.1 Å². The second-order valence-electron chi connectivity index (χ2n) is 4.69. The van der Waals surface area contributed by atoms with Crippen LogP contribution in [0.3, 0.4) is 0 Å². The van der Waals surface area contributed by atoms with Gasteiger partial charge in [-0.25, -0.2) is 0 Å². The molecule has 0 radical (unpaired) electrons. The van der Waals surface area contributed by atoms with Crippen molar-refractivity contribution < 1.29 is 0 Å². The molecule has 1 heterocycles. The third-order valence-corrected chi connectivity index (χ3v) is 3.23. The second kappa shape index (κ2) is 5.07. The first-order valence-electron chi connectivity index (χ1n) is 6.40. The van der Waals surface area contributed by atoms with E-state index in [0.29, 0.717) is 0 Å². The maximum Gasteiger partial charge on any atom is 0.0273 e. The lowest BCUT2D eigenvalue weighted by molar-refractivity contribution is 1.33. The van der Waals surface area contributed by atoms with E-state index in [9.17, 15) is 0 Å². The van der Waals surface area contributed by atoms with Gasteiger partial charge >= 0.3 is 0 Å². The van der Waals surface area contributed by atoms with E-state index in [2.05, 4.69) is 60.4 Å². The highest BCUT2D eigenvalue weighted by Crippen LogP contribution is 2.26. The molecular formula is C18H15N. The summed E-state index contributed by atoms with van der Waals surface area (Å²) in [5.74, 6) is 0. The van der Waals surface area contributed by atoms with E-state index < -0.39 is 0 Å². The molecule has 0 atom stereocenters. The van der Waals surface area contributed by atoms with Crippen molar-refractivity contribution in [1.82, 2.24) is 4.98 Å². The molecule has 0 saturated carbocycles. The Morgan fingerprint density at radius 2 is 1.21 bits per heavy atom. The lowest BCUT2D eigenvalue weighted by Gasteiger charge is -2.06. The maximum absolute atomic E-state index is 4.06. The van der Waals surface area contributed by atoms with E-state index in [1.807, 2.05) is 24.5 Å². The summed E-state index contributed by atoms with van der Waals surface area (Å²) in [5, 5.41) is 0. The van der Waals surface area contributed by atoms with Gasteiger partial charge in [-0.15, -0.1) is 0 Å². The Bertz CT molecular complexity index is 687. The second-order valence-corrected chi connectivity index (χ2v) is 4.69. The number of hydrogen-bond donors (Lipinski definition) is 0. The smallest absolute Gasteiger partial charge is 0.0273 e.